The van der Waals surface area contributed by atoms with Crippen LogP contribution in [0.5, 0.6) is 5.75 Å². The Kier molecular flexibility index (Phi) is 5.61. The number of hydrogen-bond donors (Lipinski definition) is 1. The third-order valence-corrected chi connectivity index (χ3v) is 5.12. The number of nitrogens with two attached hydrogens (primary N) is 1. The van der Waals surface area contributed by atoms with Gasteiger partial charge >= 0.3 is 0 Å². The van der Waals surface area contributed by atoms with Gasteiger partial charge in [-0.15, -0.1) is 0 Å². The van der Waals surface area contributed by atoms with Crippen molar-refractivity contribution in [1.82, 2.24) is 4.31 Å². The van der Waals surface area contributed by atoms with E-state index in [1.807, 2.05) is 0 Å². The van der Waals surface area contributed by atoms with Crippen LogP contribution in [0.25, 0.3) is 0 Å². The van der Waals surface area contributed by atoms with Gasteiger partial charge in [0.2, 0.25) is 10.0 Å². The molecule has 0 amide bonds. The molecule has 2 N–H and O–H groups in total. The molecule has 0 aromatic heterocycles. The summed E-state index contributed by atoms with van der Waals surface area (Å²) in [6.07, 6.45) is 0. The molecular formula is C12H19ClN2O3S. The monoisotopic (exact) mass is 306 g/mol. The molecule has 0 fully saturated rings. The number of methoxy groups -OCH3 is 1. The van der Waals surface area contributed by atoms with Crippen LogP contribution in [-0.2, 0) is 16.6 Å². The van der Waals surface area contributed by atoms with Gasteiger partial charge in [-0.1, -0.05) is 25.4 Å². The van der Waals surface area contributed by atoms with E-state index >= 15 is 0 Å². The van der Waals surface area contributed by atoms with Crippen LogP contribution in [0.2, 0.25) is 5.02 Å². The van der Waals surface area contributed by atoms with Crippen molar-refractivity contribution in [2.75, 3.05) is 20.2 Å². The molecule has 1 aromatic carbocycles. The maximum atomic E-state index is 12.5. The number of sulfonamides is 1. The third kappa shape index (κ3) is 3.20. The zero-order valence-electron chi connectivity index (χ0n) is 11.3. The van der Waals surface area contributed by atoms with E-state index in [-0.39, 0.29) is 17.2 Å². The fourth-order valence-electron chi connectivity index (χ4n) is 1.90. The first kappa shape index (κ1) is 16.2. The van der Waals surface area contributed by atoms with Gasteiger partial charge in [-0.25, -0.2) is 8.42 Å². The smallest absolute Gasteiger partial charge is 0.246 e. The summed E-state index contributed by atoms with van der Waals surface area (Å²) < 4.78 is 31.6. The van der Waals surface area contributed by atoms with Crippen molar-refractivity contribution in [1.29, 1.82) is 0 Å². The molecule has 0 aliphatic heterocycles. The Morgan fingerprint density at radius 3 is 2.32 bits per heavy atom. The summed E-state index contributed by atoms with van der Waals surface area (Å²) in [4.78, 5) is 0.0617. The molecule has 0 saturated heterocycles. The predicted molar refractivity (Wildman–Crippen MR) is 76.0 cm³/mol. The summed E-state index contributed by atoms with van der Waals surface area (Å²) in [5, 5.41) is 0.326. The number of ether oxygens (including phenoxy) is 1. The minimum Gasteiger partial charge on any atom is -0.495 e. The van der Waals surface area contributed by atoms with Crippen molar-refractivity contribution in [3.05, 3.63) is 22.7 Å². The van der Waals surface area contributed by atoms with Gasteiger partial charge < -0.3 is 10.5 Å². The normalized spacial score (nSPS) is 11.9. The second-order valence-corrected chi connectivity index (χ2v) is 6.23. The van der Waals surface area contributed by atoms with Crippen molar-refractivity contribution < 1.29 is 13.2 Å². The van der Waals surface area contributed by atoms with E-state index in [1.165, 1.54) is 17.5 Å². The SMILES string of the molecule is CCN(CC)S(=O)(=O)c1cc(Cl)cc(CN)c1OC. The lowest BCUT2D eigenvalue weighted by Crippen LogP contribution is -2.31. The fraction of sp³-hybridized carbons (Fsp3) is 0.500. The van der Waals surface area contributed by atoms with Gasteiger partial charge in [-0.3, -0.25) is 0 Å². The molecule has 0 atom stereocenters. The van der Waals surface area contributed by atoms with Crippen LogP contribution in [0, 0.1) is 0 Å². The van der Waals surface area contributed by atoms with Crippen LogP contribution in [0.4, 0.5) is 0 Å². The van der Waals surface area contributed by atoms with Gasteiger partial charge in [0, 0.05) is 30.2 Å². The Balaban J connectivity index is 3.53. The highest BCUT2D eigenvalue weighted by Crippen LogP contribution is 2.33. The molecule has 0 unspecified atom stereocenters. The molecule has 0 heterocycles. The van der Waals surface area contributed by atoms with Gasteiger partial charge in [0.25, 0.3) is 0 Å². The zero-order valence-corrected chi connectivity index (χ0v) is 12.9. The van der Waals surface area contributed by atoms with Crippen molar-refractivity contribution in [2.45, 2.75) is 25.3 Å². The Bertz CT molecular complexity index is 542. The summed E-state index contributed by atoms with van der Waals surface area (Å²) in [6.45, 7) is 4.48. The molecule has 108 valence electrons. The predicted octanol–water partition coefficient (Wildman–Crippen LogP) is 1.84. The average Bonchev–Trinajstić information content (AvgIpc) is 2.38. The molecule has 5 nitrogen and oxygen atoms in total. The molecule has 19 heavy (non-hydrogen) atoms. The Morgan fingerprint density at radius 1 is 1.32 bits per heavy atom. The first-order valence-electron chi connectivity index (χ1n) is 5.98. The molecule has 0 aliphatic carbocycles. The fourth-order valence-corrected chi connectivity index (χ4v) is 3.89. The summed E-state index contributed by atoms with van der Waals surface area (Å²) in [5.41, 5.74) is 6.17. The van der Waals surface area contributed by atoms with Gasteiger partial charge in [0.1, 0.15) is 10.6 Å². The van der Waals surface area contributed by atoms with Crippen LogP contribution in [0.15, 0.2) is 17.0 Å². The summed E-state index contributed by atoms with van der Waals surface area (Å²) in [5.74, 6) is 0.263. The molecule has 0 saturated carbocycles. The Hall–Kier alpha value is -0.820. The standard InChI is InChI=1S/C12H19ClN2O3S/c1-4-15(5-2)19(16,17)11-7-10(13)6-9(8-14)12(11)18-3/h6-7H,4-5,8,14H2,1-3H3. The molecular weight excluding hydrogens is 288 g/mol. The maximum absolute atomic E-state index is 12.5. The molecule has 1 rings (SSSR count). The largest absolute Gasteiger partial charge is 0.495 e. The van der Waals surface area contributed by atoms with Crippen molar-refractivity contribution in [3.63, 3.8) is 0 Å². The van der Waals surface area contributed by atoms with Crippen molar-refractivity contribution in [2.24, 2.45) is 5.73 Å². The number of rotatable bonds is 6. The highest BCUT2D eigenvalue weighted by Gasteiger charge is 2.27. The first-order chi connectivity index (χ1) is 8.92. The van der Waals surface area contributed by atoms with E-state index in [0.29, 0.717) is 23.7 Å². The van der Waals surface area contributed by atoms with Gasteiger partial charge in [0.05, 0.1) is 7.11 Å². The third-order valence-electron chi connectivity index (χ3n) is 2.84. The Morgan fingerprint density at radius 2 is 1.89 bits per heavy atom. The molecule has 0 spiro atoms. The summed E-state index contributed by atoms with van der Waals surface area (Å²) in [7, 11) is -2.21. The average molecular weight is 307 g/mol. The molecule has 7 heteroatoms. The lowest BCUT2D eigenvalue weighted by Gasteiger charge is -2.21. The number of hydrogen-bond acceptors (Lipinski definition) is 4. The lowest BCUT2D eigenvalue weighted by molar-refractivity contribution is 0.391. The van der Waals surface area contributed by atoms with E-state index < -0.39 is 10.0 Å². The topological polar surface area (TPSA) is 72.6 Å². The summed E-state index contributed by atoms with van der Waals surface area (Å²) >= 11 is 5.96. The first-order valence-corrected chi connectivity index (χ1v) is 7.80. The van der Waals surface area contributed by atoms with Crippen molar-refractivity contribution >= 4 is 21.6 Å². The summed E-state index contributed by atoms with van der Waals surface area (Å²) in [6, 6.07) is 3.01. The van der Waals surface area contributed by atoms with E-state index in [1.54, 1.807) is 19.9 Å². The quantitative estimate of drug-likeness (QED) is 0.870. The van der Waals surface area contributed by atoms with Crippen LogP contribution in [0.3, 0.4) is 0 Å². The number of halogens is 1. The van der Waals surface area contributed by atoms with Crippen molar-refractivity contribution in [3.8, 4) is 5.75 Å². The zero-order chi connectivity index (χ0) is 14.6. The van der Waals surface area contributed by atoms with Crippen LogP contribution in [-0.4, -0.2) is 32.9 Å². The second-order valence-electron chi connectivity index (χ2n) is 3.89. The van der Waals surface area contributed by atoms with E-state index in [2.05, 4.69) is 0 Å². The van der Waals surface area contributed by atoms with E-state index in [4.69, 9.17) is 22.1 Å². The van der Waals surface area contributed by atoms with Gasteiger partial charge in [-0.05, 0) is 12.1 Å². The maximum Gasteiger partial charge on any atom is 0.246 e. The van der Waals surface area contributed by atoms with Gasteiger partial charge in [0.15, 0.2) is 0 Å². The van der Waals surface area contributed by atoms with E-state index in [9.17, 15) is 8.42 Å². The highest BCUT2D eigenvalue weighted by molar-refractivity contribution is 7.89. The lowest BCUT2D eigenvalue weighted by atomic mass is 10.2. The second kappa shape index (κ2) is 6.56. The van der Waals surface area contributed by atoms with Crippen LogP contribution < -0.4 is 10.5 Å². The molecule has 0 aliphatic rings. The van der Waals surface area contributed by atoms with Gasteiger partial charge in [-0.2, -0.15) is 4.31 Å². The van der Waals surface area contributed by atoms with Crippen LogP contribution in [0.1, 0.15) is 19.4 Å². The minimum absolute atomic E-state index is 0.0617. The van der Waals surface area contributed by atoms with E-state index in [0.717, 1.165) is 0 Å². The number of benzene rings is 1. The van der Waals surface area contributed by atoms with Crippen LogP contribution >= 0.6 is 11.6 Å². The minimum atomic E-state index is -3.63. The Labute approximate surface area is 119 Å². The molecule has 1 aromatic rings. The molecule has 0 bridgehead atoms. The highest BCUT2D eigenvalue weighted by atomic mass is 35.5. The molecule has 0 radical (unpaired) electrons. The number of nitrogens with zero attached hydrogens (tertiary/aromatic N) is 1.